The summed E-state index contributed by atoms with van der Waals surface area (Å²) >= 11 is 0. The molecule has 102 valence electrons. The van der Waals surface area contributed by atoms with Gasteiger partial charge in [0.05, 0.1) is 5.41 Å². The van der Waals surface area contributed by atoms with Gasteiger partial charge in [-0.25, -0.2) is 9.59 Å². The minimum atomic E-state index is -1.07. The first-order valence-electron chi connectivity index (χ1n) is 6.83. The van der Waals surface area contributed by atoms with Crippen LogP contribution in [0.4, 0.5) is 0 Å². The van der Waals surface area contributed by atoms with Crippen LogP contribution < -0.4 is 0 Å². The molecule has 2 heterocycles. The van der Waals surface area contributed by atoms with Crippen molar-refractivity contribution in [1.82, 2.24) is 0 Å². The molecule has 5 heteroatoms. The molecule has 4 aliphatic rings. The first-order chi connectivity index (χ1) is 9.03. The molecule has 1 saturated carbocycles. The van der Waals surface area contributed by atoms with E-state index in [-0.39, 0.29) is 18.5 Å². The Morgan fingerprint density at radius 3 is 2.89 bits per heavy atom. The molecule has 0 radical (unpaired) electrons. The molecular formula is C14H16O5. The lowest BCUT2D eigenvalue weighted by molar-refractivity contribution is -0.151. The summed E-state index contributed by atoms with van der Waals surface area (Å²) in [7, 11) is 0. The summed E-state index contributed by atoms with van der Waals surface area (Å²) in [6.45, 7) is 2.28. The Hall–Kier alpha value is -1.36. The Morgan fingerprint density at radius 1 is 1.32 bits per heavy atom. The summed E-state index contributed by atoms with van der Waals surface area (Å²) in [4.78, 5) is 23.7. The van der Waals surface area contributed by atoms with E-state index in [1.165, 1.54) is 0 Å². The number of carbonyl (C=O) groups is 2. The highest BCUT2D eigenvalue weighted by Gasteiger charge is 2.74. The fourth-order valence-corrected chi connectivity index (χ4v) is 4.84. The van der Waals surface area contributed by atoms with E-state index in [0.29, 0.717) is 24.8 Å². The number of carbonyl (C=O) groups excluding carboxylic acids is 2. The Labute approximate surface area is 110 Å². The molecule has 2 aliphatic heterocycles. The van der Waals surface area contributed by atoms with Gasteiger partial charge in [-0.1, -0.05) is 6.92 Å². The fourth-order valence-electron chi connectivity index (χ4n) is 4.84. The quantitative estimate of drug-likeness (QED) is 0.652. The molecule has 0 bridgehead atoms. The van der Waals surface area contributed by atoms with Crippen LogP contribution in [0.5, 0.6) is 0 Å². The SMILES string of the molecule is C[C@@H]1CC[C@]23OC(=O)[C@@H](O)[C@]12CCC1=C3COC1=O. The summed E-state index contributed by atoms with van der Waals surface area (Å²) in [5, 5.41) is 10.4. The van der Waals surface area contributed by atoms with Crippen molar-refractivity contribution in [1.29, 1.82) is 0 Å². The van der Waals surface area contributed by atoms with E-state index in [0.717, 1.165) is 12.0 Å². The third-order valence-electron chi connectivity index (χ3n) is 5.78. The maximum absolute atomic E-state index is 11.9. The molecule has 2 aliphatic carbocycles. The summed E-state index contributed by atoms with van der Waals surface area (Å²) in [5.41, 5.74) is 0.143. The van der Waals surface area contributed by atoms with Gasteiger partial charge in [0, 0.05) is 11.1 Å². The van der Waals surface area contributed by atoms with Crippen LogP contribution in [-0.4, -0.2) is 35.4 Å². The Kier molecular flexibility index (Phi) is 1.93. The summed E-state index contributed by atoms with van der Waals surface area (Å²) < 4.78 is 10.8. The normalized spacial score (nSPS) is 47.7. The number of aliphatic hydroxyl groups excluding tert-OH is 1. The molecule has 0 amide bonds. The molecule has 4 rings (SSSR count). The van der Waals surface area contributed by atoms with E-state index >= 15 is 0 Å². The predicted molar refractivity (Wildman–Crippen MR) is 62.9 cm³/mol. The number of hydrogen-bond acceptors (Lipinski definition) is 5. The molecule has 0 unspecified atom stereocenters. The van der Waals surface area contributed by atoms with Gasteiger partial charge in [-0.3, -0.25) is 0 Å². The number of cyclic esters (lactones) is 1. The zero-order valence-electron chi connectivity index (χ0n) is 10.8. The standard InChI is InChI=1S/C14H16O5/c1-7-2-5-14-9-6-18-11(16)8(9)3-4-13(7,14)10(15)12(17)19-14/h7,10,15H,2-6H2,1H3/t7-,10-,13+,14-/m1/s1. The van der Waals surface area contributed by atoms with Gasteiger partial charge in [-0.2, -0.15) is 0 Å². The minimum absolute atomic E-state index is 0.207. The third kappa shape index (κ3) is 1.00. The van der Waals surface area contributed by atoms with Gasteiger partial charge in [0.25, 0.3) is 0 Å². The zero-order valence-corrected chi connectivity index (χ0v) is 10.8. The highest BCUT2D eigenvalue weighted by molar-refractivity contribution is 5.94. The number of rotatable bonds is 0. The van der Waals surface area contributed by atoms with Crippen molar-refractivity contribution in [2.24, 2.45) is 11.3 Å². The summed E-state index contributed by atoms with van der Waals surface area (Å²) in [6.07, 6.45) is 1.71. The first-order valence-corrected chi connectivity index (χ1v) is 6.83. The maximum Gasteiger partial charge on any atom is 0.336 e. The van der Waals surface area contributed by atoms with Gasteiger partial charge in [0.15, 0.2) is 6.10 Å². The topological polar surface area (TPSA) is 72.8 Å². The second kappa shape index (κ2) is 3.20. The molecule has 1 saturated heterocycles. The van der Waals surface area contributed by atoms with Crippen LogP contribution in [0, 0.1) is 11.3 Å². The monoisotopic (exact) mass is 264 g/mol. The van der Waals surface area contributed by atoms with E-state index in [4.69, 9.17) is 9.47 Å². The summed E-state index contributed by atoms with van der Waals surface area (Å²) in [5.74, 6) is -0.617. The lowest BCUT2D eigenvalue weighted by Crippen LogP contribution is -2.52. The van der Waals surface area contributed by atoms with Crippen LogP contribution in [0.2, 0.25) is 0 Å². The molecular weight excluding hydrogens is 248 g/mol. The zero-order chi connectivity index (χ0) is 13.4. The van der Waals surface area contributed by atoms with Crippen molar-refractivity contribution in [2.75, 3.05) is 6.61 Å². The number of esters is 2. The van der Waals surface area contributed by atoms with Gasteiger partial charge in [0.2, 0.25) is 0 Å². The van der Waals surface area contributed by atoms with Gasteiger partial charge >= 0.3 is 11.9 Å². The molecule has 1 N–H and O–H groups in total. The Bertz CT molecular complexity index is 536. The predicted octanol–water partition coefficient (Wildman–Crippen LogP) is 0.706. The van der Waals surface area contributed by atoms with Crippen LogP contribution in [0.15, 0.2) is 11.1 Å². The van der Waals surface area contributed by atoms with Crippen molar-refractivity contribution in [3.8, 4) is 0 Å². The first kappa shape index (κ1) is 11.5. The van der Waals surface area contributed by atoms with E-state index in [1.807, 2.05) is 0 Å². The molecule has 0 spiro atoms. The van der Waals surface area contributed by atoms with Crippen LogP contribution in [0.1, 0.15) is 32.6 Å². The lowest BCUT2D eigenvalue weighted by Gasteiger charge is -2.45. The molecule has 4 atom stereocenters. The summed E-state index contributed by atoms with van der Waals surface area (Å²) in [6, 6.07) is 0. The van der Waals surface area contributed by atoms with Crippen molar-refractivity contribution in [3.05, 3.63) is 11.1 Å². The van der Waals surface area contributed by atoms with Crippen molar-refractivity contribution in [2.45, 2.75) is 44.3 Å². The van der Waals surface area contributed by atoms with Gasteiger partial charge < -0.3 is 14.6 Å². The smallest absolute Gasteiger partial charge is 0.336 e. The van der Waals surface area contributed by atoms with Crippen LogP contribution in [0.25, 0.3) is 0 Å². The molecule has 0 aromatic carbocycles. The van der Waals surface area contributed by atoms with E-state index in [1.54, 1.807) is 0 Å². The van der Waals surface area contributed by atoms with E-state index in [9.17, 15) is 14.7 Å². The van der Waals surface area contributed by atoms with E-state index in [2.05, 4.69) is 6.92 Å². The molecule has 19 heavy (non-hydrogen) atoms. The highest BCUT2D eigenvalue weighted by Crippen LogP contribution is 2.67. The molecule has 0 aromatic heterocycles. The highest BCUT2D eigenvalue weighted by atomic mass is 16.6. The van der Waals surface area contributed by atoms with Crippen molar-refractivity contribution >= 4 is 11.9 Å². The maximum atomic E-state index is 11.9. The molecule has 0 aromatic rings. The number of ether oxygens (including phenoxy) is 2. The number of aliphatic hydroxyl groups is 1. The van der Waals surface area contributed by atoms with Crippen LogP contribution >= 0.6 is 0 Å². The molecule has 5 nitrogen and oxygen atoms in total. The second-order valence-electron chi connectivity index (χ2n) is 6.16. The number of hydrogen-bond donors (Lipinski definition) is 1. The average Bonchev–Trinajstić information content (AvgIpc) is 2.96. The minimum Gasteiger partial charge on any atom is -0.458 e. The Morgan fingerprint density at radius 2 is 2.11 bits per heavy atom. The van der Waals surface area contributed by atoms with Gasteiger partial charge in [-0.05, 0) is 31.6 Å². The largest absolute Gasteiger partial charge is 0.458 e. The van der Waals surface area contributed by atoms with Crippen molar-refractivity contribution < 1.29 is 24.2 Å². The fraction of sp³-hybridized carbons (Fsp3) is 0.714. The van der Waals surface area contributed by atoms with Gasteiger partial charge in [-0.15, -0.1) is 0 Å². The van der Waals surface area contributed by atoms with Crippen LogP contribution in [-0.2, 0) is 19.1 Å². The third-order valence-corrected chi connectivity index (χ3v) is 5.78. The van der Waals surface area contributed by atoms with Gasteiger partial charge in [0.1, 0.15) is 12.2 Å². The molecule has 2 fully saturated rings. The Balaban J connectivity index is 1.96. The average molecular weight is 264 g/mol. The van der Waals surface area contributed by atoms with Crippen molar-refractivity contribution in [3.63, 3.8) is 0 Å². The van der Waals surface area contributed by atoms with E-state index < -0.39 is 23.1 Å². The van der Waals surface area contributed by atoms with Crippen LogP contribution in [0.3, 0.4) is 0 Å². The lowest BCUT2D eigenvalue weighted by atomic mass is 9.59. The second-order valence-corrected chi connectivity index (χ2v) is 6.16.